The predicted octanol–water partition coefficient (Wildman–Crippen LogP) is 3.46. The van der Waals surface area contributed by atoms with Gasteiger partial charge >= 0.3 is 0 Å². The van der Waals surface area contributed by atoms with Crippen molar-refractivity contribution in [3.05, 3.63) is 28.8 Å². The molecular formula is C13H17ClO2. The first-order chi connectivity index (χ1) is 7.74. The van der Waals surface area contributed by atoms with Crippen LogP contribution in [0, 0.1) is 0 Å². The molecule has 1 saturated heterocycles. The zero-order chi connectivity index (χ0) is 11.5. The van der Waals surface area contributed by atoms with Crippen LogP contribution in [0.15, 0.2) is 18.2 Å². The zero-order valence-corrected chi connectivity index (χ0v) is 10.5. The van der Waals surface area contributed by atoms with Gasteiger partial charge in [-0.1, -0.05) is 18.5 Å². The van der Waals surface area contributed by atoms with Gasteiger partial charge in [0.05, 0.1) is 19.3 Å². The van der Waals surface area contributed by atoms with Gasteiger partial charge in [-0.2, -0.15) is 0 Å². The Labute approximate surface area is 102 Å². The van der Waals surface area contributed by atoms with Crippen molar-refractivity contribution >= 4 is 11.6 Å². The molecule has 0 N–H and O–H groups in total. The molecule has 1 aliphatic rings. The molecule has 2 unspecified atom stereocenters. The third-order valence-corrected chi connectivity index (χ3v) is 3.27. The second-order valence-corrected chi connectivity index (χ2v) is 4.55. The minimum atomic E-state index is 0.439. The van der Waals surface area contributed by atoms with E-state index >= 15 is 0 Å². The van der Waals surface area contributed by atoms with Crippen LogP contribution in [-0.2, 0) is 11.2 Å². The number of ether oxygens (including phenoxy) is 2. The van der Waals surface area contributed by atoms with Crippen molar-refractivity contribution in [3.63, 3.8) is 0 Å². The van der Waals surface area contributed by atoms with E-state index in [1.54, 1.807) is 7.11 Å². The van der Waals surface area contributed by atoms with Crippen LogP contribution in [0.3, 0.4) is 0 Å². The van der Waals surface area contributed by atoms with Crippen LogP contribution in [0.25, 0.3) is 0 Å². The van der Waals surface area contributed by atoms with Gasteiger partial charge in [0.15, 0.2) is 0 Å². The second-order valence-electron chi connectivity index (χ2n) is 4.12. The van der Waals surface area contributed by atoms with Gasteiger partial charge in [-0.25, -0.2) is 0 Å². The van der Waals surface area contributed by atoms with Crippen molar-refractivity contribution in [2.24, 2.45) is 0 Å². The fourth-order valence-corrected chi connectivity index (χ4v) is 2.23. The minimum Gasteiger partial charge on any atom is -0.496 e. The molecule has 1 heterocycles. The number of aryl methyl sites for hydroxylation is 1. The van der Waals surface area contributed by atoms with E-state index in [-0.39, 0.29) is 0 Å². The normalized spacial score (nSPS) is 23.2. The summed E-state index contributed by atoms with van der Waals surface area (Å²) < 4.78 is 10.8. The quantitative estimate of drug-likeness (QED) is 0.736. The van der Waals surface area contributed by atoms with Gasteiger partial charge in [0, 0.05) is 5.02 Å². The molecule has 3 heteroatoms. The molecule has 16 heavy (non-hydrogen) atoms. The summed E-state index contributed by atoms with van der Waals surface area (Å²) in [5.41, 5.74) is 1.17. The Balaban J connectivity index is 1.95. The Morgan fingerprint density at radius 3 is 2.81 bits per heavy atom. The topological polar surface area (TPSA) is 21.8 Å². The number of methoxy groups -OCH3 is 1. The molecule has 2 rings (SSSR count). The first-order valence-corrected chi connectivity index (χ1v) is 6.10. The van der Waals surface area contributed by atoms with Gasteiger partial charge in [-0.15, -0.1) is 0 Å². The van der Waals surface area contributed by atoms with E-state index in [1.807, 2.05) is 18.2 Å². The second kappa shape index (κ2) is 5.07. The Morgan fingerprint density at radius 2 is 2.19 bits per heavy atom. The fourth-order valence-electron chi connectivity index (χ4n) is 2.03. The highest BCUT2D eigenvalue weighted by atomic mass is 35.5. The van der Waals surface area contributed by atoms with E-state index in [2.05, 4.69) is 6.92 Å². The predicted molar refractivity (Wildman–Crippen MR) is 65.3 cm³/mol. The molecule has 88 valence electrons. The Kier molecular flexibility index (Phi) is 3.72. The van der Waals surface area contributed by atoms with Crippen molar-refractivity contribution in [2.75, 3.05) is 7.11 Å². The molecule has 1 aliphatic heterocycles. The summed E-state index contributed by atoms with van der Waals surface area (Å²) >= 11 is 5.97. The van der Waals surface area contributed by atoms with Gasteiger partial charge in [-0.3, -0.25) is 0 Å². The number of hydrogen-bond acceptors (Lipinski definition) is 2. The highest BCUT2D eigenvalue weighted by Crippen LogP contribution is 2.31. The Hall–Kier alpha value is -0.730. The number of epoxide rings is 1. The molecule has 0 radical (unpaired) electrons. The summed E-state index contributed by atoms with van der Waals surface area (Å²) in [7, 11) is 1.69. The van der Waals surface area contributed by atoms with Crippen LogP contribution in [0.5, 0.6) is 5.75 Å². The molecule has 1 aromatic rings. The molecule has 0 aromatic heterocycles. The molecule has 0 aliphatic carbocycles. The van der Waals surface area contributed by atoms with Crippen LogP contribution >= 0.6 is 11.6 Å². The molecule has 0 bridgehead atoms. The molecule has 2 nitrogen and oxygen atoms in total. The van der Waals surface area contributed by atoms with Crippen molar-refractivity contribution in [1.29, 1.82) is 0 Å². The van der Waals surface area contributed by atoms with Gasteiger partial charge in [0.25, 0.3) is 0 Å². The maximum Gasteiger partial charge on any atom is 0.122 e. The smallest absolute Gasteiger partial charge is 0.122 e. The van der Waals surface area contributed by atoms with Crippen LogP contribution in [-0.4, -0.2) is 19.3 Å². The number of halogens is 1. The Morgan fingerprint density at radius 1 is 1.38 bits per heavy atom. The van der Waals surface area contributed by atoms with Crippen molar-refractivity contribution in [2.45, 2.75) is 38.4 Å². The first kappa shape index (κ1) is 11.7. The lowest BCUT2D eigenvalue weighted by atomic mass is 10.1. The van der Waals surface area contributed by atoms with E-state index in [4.69, 9.17) is 21.1 Å². The molecular weight excluding hydrogens is 224 g/mol. The van der Waals surface area contributed by atoms with Crippen LogP contribution < -0.4 is 4.74 Å². The van der Waals surface area contributed by atoms with Crippen LogP contribution in [0.1, 0.15) is 25.3 Å². The van der Waals surface area contributed by atoms with E-state index in [0.717, 1.165) is 30.0 Å². The van der Waals surface area contributed by atoms with E-state index in [0.29, 0.717) is 12.2 Å². The summed E-state index contributed by atoms with van der Waals surface area (Å²) in [6.45, 7) is 2.16. The third-order valence-electron chi connectivity index (χ3n) is 3.03. The van der Waals surface area contributed by atoms with Gasteiger partial charge in [-0.05, 0) is 43.0 Å². The number of hydrogen-bond donors (Lipinski definition) is 0. The molecule has 2 atom stereocenters. The minimum absolute atomic E-state index is 0.439. The van der Waals surface area contributed by atoms with E-state index < -0.39 is 0 Å². The SMILES string of the molecule is CCC1OC1CCc1cc(Cl)ccc1OC. The summed E-state index contributed by atoms with van der Waals surface area (Å²) in [5, 5.41) is 0.763. The van der Waals surface area contributed by atoms with Gasteiger partial charge in [0.1, 0.15) is 5.75 Å². The summed E-state index contributed by atoms with van der Waals surface area (Å²) in [5.74, 6) is 0.915. The average Bonchev–Trinajstić information content (AvgIpc) is 3.05. The maximum absolute atomic E-state index is 5.97. The molecule has 0 spiro atoms. The first-order valence-electron chi connectivity index (χ1n) is 5.72. The lowest BCUT2D eigenvalue weighted by molar-refractivity contribution is 0.358. The van der Waals surface area contributed by atoms with Gasteiger partial charge < -0.3 is 9.47 Å². The highest BCUT2D eigenvalue weighted by molar-refractivity contribution is 6.30. The average molecular weight is 241 g/mol. The maximum atomic E-state index is 5.97. The molecule has 1 fully saturated rings. The summed E-state index contributed by atoms with van der Waals surface area (Å²) in [4.78, 5) is 0. The van der Waals surface area contributed by atoms with Crippen LogP contribution in [0.4, 0.5) is 0 Å². The number of rotatable bonds is 5. The molecule has 0 saturated carbocycles. The highest BCUT2D eigenvalue weighted by Gasteiger charge is 2.36. The zero-order valence-electron chi connectivity index (χ0n) is 9.70. The fraction of sp³-hybridized carbons (Fsp3) is 0.538. The molecule has 0 amide bonds. The third kappa shape index (κ3) is 2.69. The monoisotopic (exact) mass is 240 g/mol. The van der Waals surface area contributed by atoms with E-state index in [1.165, 1.54) is 5.56 Å². The summed E-state index contributed by atoms with van der Waals surface area (Å²) in [6, 6.07) is 5.75. The van der Waals surface area contributed by atoms with Gasteiger partial charge in [0.2, 0.25) is 0 Å². The van der Waals surface area contributed by atoms with Crippen LogP contribution in [0.2, 0.25) is 5.02 Å². The standard InChI is InChI=1S/C13H17ClO2/c1-3-11-13(16-11)6-4-9-8-10(14)5-7-12(9)15-2/h5,7-8,11,13H,3-4,6H2,1-2H3. The number of benzene rings is 1. The Bertz CT molecular complexity index is 365. The van der Waals surface area contributed by atoms with Crippen molar-refractivity contribution in [1.82, 2.24) is 0 Å². The molecule has 1 aromatic carbocycles. The largest absolute Gasteiger partial charge is 0.496 e. The van der Waals surface area contributed by atoms with E-state index in [9.17, 15) is 0 Å². The lowest BCUT2D eigenvalue weighted by Crippen LogP contribution is -1.98. The van der Waals surface area contributed by atoms with Crippen molar-refractivity contribution in [3.8, 4) is 5.75 Å². The lowest BCUT2D eigenvalue weighted by Gasteiger charge is -2.07. The van der Waals surface area contributed by atoms with Crippen molar-refractivity contribution < 1.29 is 9.47 Å². The summed E-state index contributed by atoms with van der Waals surface area (Å²) in [6.07, 6.45) is 4.04.